The molecular weight excluding hydrogens is 154 g/mol. The van der Waals surface area contributed by atoms with Crippen molar-refractivity contribution in [2.45, 2.75) is 0 Å². The lowest BCUT2D eigenvalue weighted by Crippen LogP contribution is -2.22. The molecule has 0 aromatic rings. The van der Waals surface area contributed by atoms with Crippen molar-refractivity contribution >= 4 is 6.21 Å². The minimum absolute atomic E-state index is 0.674. The van der Waals surface area contributed by atoms with Gasteiger partial charge in [0.2, 0.25) is 0 Å². The standard InChI is InChI=1S/C8H17N3O/c1-11(6-7-12-2)8-10-5-3-4-9/h3-5H,6-9H2,1-2H3. The highest BCUT2D eigenvalue weighted by atomic mass is 16.5. The highest BCUT2D eigenvalue weighted by Crippen LogP contribution is 1.82. The van der Waals surface area contributed by atoms with E-state index in [-0.39, 0.29) is 0 Å². The quantitative estimate of drug-likeness (QED) is 0.575. The van der Waals surface area contributed by atoms with E-state index in [1.807, 2.05) is 7.05 Å². The van der Waals surface area contributed by atoms with Crippen LogP contribution >= 0.6 is 0 Å². The third-order valence-corrected chi connectivity index (χ3v) is 1.30. The van der Waals surface area contributed by atoms with E-state index in [4.69, 9.17) is 10.5 Å². The molecule has 0 aromatic heterocycles. The first-order chi connectivity index (χ1) is 5.81. The predicted molar refractivity (Wildman–Crippen MR) is 51.2 cm³/mol. The molecule has 0 bridgehead atoms. The van der Waals surface area contributed by atoms with Gasteiger partial charge in [-0.2, -0.15) is 0 Å². The maximum Gasteiger partial charge on any atom is 0.0907 e. The number of allylic oxidation sites excluding steroid dienone is 1. The topological polar surface area (TPSA) is 50.8 Å². The largest absolute Gasteiger partial charge is 0.405 e. The van der Waals surface area contributed by atoms with Crippen LogP contribution in [0.3, 0.4) is 0 Å². The fourth-order valence-corrected chi connectivity index (χ4v) is 0.615. The van der Waals surface area contributed by atoms with Gasteiger partial charge in [-0.1, -0.05) is 0 Å². The van der Waals surface area contributed by atoms with Gasteiger partial charge in [-0.3, -0.25) is 9.89 Å². The number of likely N-dealkylation sites (N-methyl/N-ethyl adjacent to an activating group) is 1. The molecule has 4 nitrogen and oxygen atoms in total. The number of methoxy groups -OCH3 is 1. The molecule has 2 N–H and O–H groups in total. The van der Waals surface area contributed by atoms with Gasteiger partial charge in [0, 0.05) is 19.9 Å². The molecule has 0 radical (unpaired) electrons. The van der Waals surface area contributed by atoms with E-state index >= 15 is 0 Å². The van der Waals surface area contributed by atoms with Gasteiger partial charge in [0.15, 0.2) is 0 Å². The number of hydrogen-bond acceptors (Lipinski definition) is 4. The van der Waals surface area contributed by atoms with E-state index in [1.54, 1.807) is 19.4 Å². The molecule has 0 unspecified atom stereocenters. The Kier molecular flexibility index (Phi) is 7.63. The van der Waals surface area contributed by atoms with Crippen molar-refractivity contribution in [2.75, 3.05) is 34.0 Å². The van der Waals surface area contributed by atoms with E-state index in [2.05, 4.69) is 9.89 Å². The van der Waals surface area contributed by atoms with E-state index in [0.717, 1.165) is 13.2 Å². The SMILES string of the molecule is COCCN(C)CN=CC=CN. The van der Waals surface area contributed by atoms with Crippen LogP contribution in [0.15, 0.2) is 17.3 Å². The van der Waals surface area contributed by atoms with Gasteiger partial charge in [0.25, 0.3) is 0 Å². The molecule has 0 saturated carbocycles. The number of nitrogens with two attached hydrogens (primary N) is 1. The van der Waals surface area contributed by atoms with E-state index < -0.39 is 0 Å². The summed E-state index contributed by atoms with van der Waals surface area (Å²) in [7, 11) is 3.68. The zero-order valence-electron chi connectivity index (χ0n) is 7.73. The lowest BCUT2D eigenvalue weighted by Gasteiger charge is -2.11. The second-order valence-corrected chi connectivity index (χ2v) is 2.43. The Bertz CT molecular complexity index is 145. The average Bonchev–Trinajstić information content (AvgIpc) is 2.09. The lowest BCUT2D eigenvalue weighted by atomic mass is 10.6. The molecule has 0 heterocycles. The second-order valence-electron chi connectivity index (χ2n) is 2.43. The Hall–Kier alpha value is -0.870. The van der Waals surface area contributed by atoms with E-state index in [1.165, 1.54) is 6.20 Å². The van der Waals surface area contributed by atoms with Crippen molar-refractivity contribution in [3.8, 4) is 0 Å². The number of aliphatic imine (C=N–C) groups is 1. The Morgan fingerprint density at radius 1 is 1.58 bits per heavy atom. The van der Waals surface area contributed by atoms with Crippen LogP contribution in [0.5, 0.6) is 0 Å². The van der Waals surface area contributed by atoms with E-state index in [9.17, 15) is 0 Å². The Morgan fingerprint density at radius 3 is 2.92 bits per heavy atom. The normalized spacial score (nSPS) is 12.2. The number of rotatable bonds is 6. The fraction of sp³-hybridized carbons (Fsp3) is 0.625. The van der Waals surface area contributed by atoms with Crippen molar-refractivity contribution in [3.05, 3.63) is 12.3 Å². The summed E-state index contributed by atoms with van der Waals surface area (Å²) in [5.41, 5.74) is 5.12. The van der Waals surface area contributed by atoms with Crippen LogP contribution in [0.2, 0.25) is 0 Å². The fourth-order valence-electron chi connectivity index (χ4n) is 0.615. The van der Waals surface area contributed by atoms with Gasteiger partial charge < -0.3 is 10.5 Å². The molecule has 0 amide bonds. The van der Waals surface area contributed by atoms with Gasteiger partial charge in [-0.15, -0.1) is 0 Å². The number of nitrogens with zero attached hydrogens (tertiary/aromatic N) is 2. The van der Waals surface area contributed by atoms with Gasteiger partial charge in [-0.25, -0.2) is 0 Å². The third kappa shape index (κ3) is 7.24. The van der Waals surface area contributed by atoms with E-state index in [0.29, 0.717) is 6.67 Å². The molecule has 0 atom stereocenters. The van der Waals surface area contributed by atoms with Crippen LogP contribution in [0.25, 0.3) is 0 Å². The smallest absolute Gasteiger partial charge is 0.0907 e. The van der Waals surface area contributed by atoms with Crippen molar-refractivity contribution < 1.29 is 4.74 Å². The molecule has 0 spiro atoms. The molecule has 0 saturated heterocycles. The first kappa shape index (κ1) is 11.1. The summed E-state index contributed by atoms with van der Waals surface area (Å²) in [5, 5.41) is 0. The van der Waals surface area contributed by atoms with Crippen LogP contribution in [-0.4, -0.2) is 45.1 Å². The summed E-state index contributed by atoms with van der Waals surface area (Å²) in [5.74, 6) is 0. The average molecular weight is 171 g/mol. The third-order valence-electron chi connectivity index (χ3n) is 1.30. The van der Waals surface area contributed by atoms with Crippen LogP contribution in [0, 0.1) is 0 Å². The first-order valence-electron chi connectivity index (χ1n) is 3.85. The molecule has 4 heteroatoms. The van der Waals surface area contributed by atoms with Crippen LogP contribution in [-0.2, 0) is 4.74 Å². The maximum absolute atomic E-state index is 5.12. The zero-order chi connectivity index (χ0) is 9.23. The second kappa shape index (κ2) is 8.23. The van der Waals surface area contributed by atoms with Crippen LogP contribution < -0.4 is 5.73 Å². The molecule has 0 aromatic carbocycles. The molecule has 12 heavy (non-hydrogen) atoms. The predicted octanol–water partition coefficient (Wildman–Crippen LogP) is 0.0653. The molecule has 0 aliphatic carbocycles. The molecule has 70 valence electrons. The highest BCUT2D eigenvalue weighted by molar-refractivity contribution is 5.70. The minimum Gasteiger partial charge on any atom is -0.405 e. The Balaban J connectivity index is 3.35. The highest BCUT2D eigenvalue weighted by Gasteiger charge is 1.92. The van der Waals surface area contributed by atoms with Gasteiger partial charge in [-0.05, 0) is 19.3 Å². The summed E-state index contributed by atoms with van der Waals surface area (Å²) < 4.78 is 4.91. The van der Waals surface area contributed by atoms with Crippen molar-refractivity contribution in [1.82, 2.24) is 4.90 Å². The Morgan fingerprint density at radius 2 is 2.33 bits per heavy atom. The molecular formula is C8H17N3O. The number of hydrogen-bond donors (Lipinski definition) is 1. The lowest BCUT2D eigenvalue weighted by molar-refractivity contribution is 0.163. The van der Waals surface area contributed by atoms with Crippen LogP contribution in [0.1, 0.15) is 0 Å². The van der Waals surface area contributed by atoms with Gasteiger partial charge in [0.1, 0.15) is 0 Å². The van der Waals surface area contributed by atoms with Gasteiger partial charge >= 0.3 is 0 Å². The Labute approximate surface area is 73.7 Å². The van der Waals surface area contributed by atoms with Gasteiger partial charge in [0.05, 0.1) is 13.3 Å². The molecule has 0 rings (SSSR count). The zero-order valence-corrected chi connectivity index (χ0v) is 7.73. The van der Waals surface area contributed by atoms with Crippen LogP contribution in [0.4, 0.5) is 0 Å². The molecule has 0 fully saturated rings. The summed E-state index contributed by atoms with van der Waals surface area (Å²) in [4.78, 5) is 6.15. The summed E-state index contributed by atoms with van der Waals surface area (Å²) >= 11 is 0. The van der Waals surface area contributed by atoms with Crippen molar-refractivity contribution in [2.24, 2.45) is 10.7 Å². The monoisotopic (exact) mass is 171 g/mol. The first-order valence-corrected chi connectivity index (χ1v) is 3.85. The summed E-state index contributed by atoms with van der Waals surface area (Å²) in [6.07, 6.45) is 4.84. The molecule has 0 aliphatic heterocycles. The van der Waals surface area contributed by atoms with Crippen molar-refractivity contribution in [3.63, 3.8) is 0 Å². The summed E-state index contributed by atoms with van der Waals surface area (Å²) in [6.45, 7) is 2.30. The van der Waals surface area contributed by atoms with Crippen molar-refractivity contribution in [1.29, 1.82) is 0 Å². The minimum atomic E-state index is 0.674. The molecule has 0 aliphatic rings. The maximum atomic E-state index is 5.12. The summed E-state index contributed by atoms with van der Waals surface area (Å²) in [6, 6.07) is 0. The number of ether oxygens (including phenoxy) is 1.